The number of aryl methyl sites for hydroxylation is 1. The summed E-state index contributed by atoms with van der Waals surface area (Å²) in [5.74, 6) is 0.406. The van der Waals surface area contributed by atoms with E-state index in [4.69, 9.17) is 9.47 Å². The third kappa shape index (κ3) is 6.34. The number of benzene rings is 3. The molecule has 8 heteroatoms. The van der Waals surface area contributed by atoms with Gasteiger partial charge in [0, 0.05) is 12.1 Å². The zero-order valence-electron chi connectivity index (χ0n) is 18.9. The maximum absolute atomic E-state index is 13.3. The molecule has 0 aromatic heterocycles. The van der Waals surface area contributed by atoms with E-state index in [-0.39, 0.29) is 23.6 Å². The Morgan fingerprint density at radius 2 is 1.58 bits per heavy atom. The minimum atomic E-state index is -4.05. The van der Waals surface area contributed by atoms with E-state index in [2.05, 4.69) is 10.0 Å². The summed E-state index contributed by atoms with van der Waals surface area (Å²) in [7, 11) is -1.08. The molecule has 1 amide bonds. The predicted octanol–water partition coefficient (Wildman–Crippen LogP) is 3.22. The van der Waals surface area contributed by atoms with Gasteiger partial charge in [0.05, 0.1) is 14.2 Å². The van der Waals surface area contributed by atoms with E-state index in [0.29, 0.717) is 5.75 Å². The van der Waals surface area contributed by atoms with Crippen molar-refractivity contribution in [3.05, 3.63) is 89.5 Å². The molecule has 0 fully saturated rings. The standard InChI is InChI=1S/C25H28N2O5S/c1-18-13-14-23(32-3)24(15-18)33(29,30)27-21(16-19-9-5-4-6-10-19)25(28)26-17-20-11-7-8-12-22(20)31-2/h4-15,21,27H,16-17H2,1-3H3,(H,26,28)/t21-/m0/s1. The molecule has 1 atom stereocenters. The lowest BCUT2D eigenvalue weighted by Gasteiger charge is -2.20. The summed E-state index contributed by atoms with van der Waals surface area (Å²) in [5, 5.41) is 2.83. The molecule has 7 nitrogen and oxygen atoms in total. The Labute approximate surface area is 194 Å². The fourth-order valence-corrected chi connectivity index (χ4v) is 4.89. The molecular weight excluding hydrogens is 440 g/mol. The van der Waals surface area contributed by atoms with Crippen molar-refractivity contribution in [1.82, 2.24) is 10.0 Å². The number of amides is 1. The number of nitrogens with one attached hydrogen (secondary N) is 2. The first-order valence-corrected chi connectivity index (χ1v) is 11.9. The van der Waals surface area contributed by atoms with Crippen LogP contribution < -0.4 is 19.5 Å². The number of carbonyl (C=O) groups excluding carboxylic acids is 1. The van der Waals surface area contributed by atoms with E-state index in [0.717, 1.165) is 16.7 Å². The van der Waals surface area contributed by atoms with Crippen LogP contribution in [0.25, 0.3) is 0 Å². The van der Waals surface area contributed by atoms with Gasteiger partial charge in [-0.05, 0) is 42.7 Å². The van der Waals surface area contributed by atoms with E-state index < -0.39 is 22.0 Å². The van der Waals surface area contributed by atoms with Crippen LogP contribution in [0.2, 0.25) is 0 Å². The average Bonchev–Trinajstić information content (AvgIpc) is 2.82. The molecule has 2 N–H and O–H groups in total. The molecule has 174 valence electrons. The van der Waals surface area contributed by atoms with Gasteiger partial charge in [-0.25, -0.2) is 8.42 Å². The molecule has 0 aliphatic heterocycles. The number of rotatable bonds is 10. The van der Waals surface area contributed by atoms with Crippen LogP contribution in [-0.2, 0) is 27.8 Å². The third-order valence-electron chi connectivity index (χ3n) is 5.15. The monoisotopic (exact) mass is 468 g/mol. The molecule has 0 bridgehead atoms. The SMILES string of the molecule is COc1ccccc1CNC(=O)[C@H](Cc1ccccc1)NS(=O)(=O)c1cc(C)ccc1OC. The van der Waals surface area contributed by atoms with Gasteiger partial charge in [0.2, 0.25) is 15.9 Å². The van der Waals surface area contributed by atoms with Gasteiger partial charge in [-0.3, -0.25) is 4.79 Å². The molecule has 3 rings (SSSR count). The fraction of sp³-hybridized carbons (Fsp3) is 0.240. The second-order valence-corrected chi connectivity index (χ2v) is 9.23. The maximum atomic E-state index is 13.3. The molecule has 0 radical (unpaired) electrons. The van der Waals surface area contributed by atoms with Crippen LogP contribution in [0, 0.1) is 6.92 Å². The van der Waals surface area contributed by atoms with Gasteiger partial charge in [-0.15, -0.1) is 0 Å². The Kier molecular flexibility index (Phi) is 8.08. The number of para-hydroxylation sites is 1. The number of hydrogen-bond acceptors (Lipinski definition) is 5. The molecule has 0 heterocycles. The van der Waals surface area contributed by atoms with E-state index >= 15 is 0 Å². The van der Waals surface area contributed by atoms with Crippen molar-refractivity contribution in [2.24, 2.45) is 0 Å². The highest BCUT2D eigenvalue weighted by Crippen LogP contribution is 2.25. The Balaban J connectivity index is 1.86. The molecule has 3 aromatic carbocycles. The van der Waals surface area contributed by atoms with Crippen molar-refractivity contribution in [3.63, 3.8) is 0 Å². The Morgan fingerprint density at radius 1 is 0.909 bits per heavy atom. The quantitative estimate of drug-likeness (QED) is 0.477. The van der Waals surface area contributed by atoms with Crippen LogP contribution in [0.4, 0.5) is 0 Å². The van der Waals surface area contributed by atoms with Gasteiger partial charge in [-0.1, -0.05) is 54.6 Å². The molecule has 0 saturated carbocycles. The Hall–Kier alpha value is -3.36. The number of sulfonamides is 1. The molecule has 33 heavy (non-hydrogen) atoms. The van der Waals surface area contributed by atoms with Crippen molar-refractivity contribution in [2.75, 3.05) is 14.2 Å². The highest BCUT2D eigenvalue weighted by molar-refractivity contribution is 7.89. The number of methoxy groups -OCH3 is 2. The van der Waals surface area contributed by atoms with Crippen molar-refractivity contribution in [2.45, 2.75) is 30.8 Å². The molecule has 0 aliphatic rings. The molecule has 3 aromatic rings. The lowest BCUT2D eigenvalue weighted by molar-refractivity contribution is -0.122. The van der Waals surface area contributed by atoms with E-state index in [1.54, 1.807) is 32.2 Å². The first kappa shape index (κ1) is 24.3. The fourth-order valence-electron chi connectivity index (χ4n) is 3.44. The molecule has 0 aliphatic carbocycles. The summed E-state index contributed by atoms with van der Waals surface area (Å²) < 4.78 is 39.7. The average molecular weight is 469 g/mol. The van der Waals surface area contributed by atoms with E-state index in [9.17, 15) is 13.2 Å². The largest absolute Gasteiger partial charge is 0.496 e. The van der Waals surface area contributed by atoms with Crippen LogP contribution in [0.3, 0.4) is 0 Å². The van der Waals surface area contributed by atoms with Crippen molar-refractivity contribution < 1.29 is 22.7 Å². The normalized spacial score (nSPS) is 12.1. The molecule has 0 saturated heterocycles. The summed E-state index contributed by atoms with van der Waals surface area (Å²) in [4.78, 5) is 13.1. The summed E-state index contributed by atoms with van der Waals surface area (Å²) in [6, 6.07) is 20.4. The third-order valence-corrected chi connectivity index (χ3v) is 6.64. The summed E-state index contributed by atoms with van der Waals surface area (Å²) in [6.45, 7) is 1.99. The summed E-state index contributed by atoms with van der Waals surface area (Å²) >= 11 is 0. The highest BCUT2D eigenvalue weighted by Gasteiger charge is 2.28. The van der Waals surface area contributed by atoms with Gasteiger partial charge in [0.1, 0.15) is 22.4 Å². The predicted molar refractivity (Wildman–Crippen MR) is 127 cm³/mol. The van der Waals surface area contributed by atoms with Crippen LogP contribution >= 0.6 is 0 Å². The Morgan fingerprint density at radius 3 is 2.27 bits per heavy atom. The van der Waals surface area contributed by atoms with Crippen LogP contribution in [0.5, 0.6) is 11.5 Å². The molecular formula is C25H28N2O5S. The second-order valence-electron chi connectivity index (χ2n) is 7.55. The maximum Gasteiger partial charge on any atom is 0.244 e. The highest BCUT2D eigenvalue weighted by atomic mass is 32.2. The summed E-state index contributed by atoms with van der Waals surface area (Å²) in [5.41, 5.74) is 2.38. The summed E-state index contributed by atoms with van der Waals surface area (Å²) in [6.07, 6.45) is 0.186. The molecule has 0 spiro atoms. The van der Waals surface area contributed by atoms with Crippen LogP contribution in [-0.4, -0.2) is 34.6 Å². The van der Waals surface area contributed by atoms with Crippen molar-refractivity contribution >= 4 is 15.9 Å². The van der Waals surface area contributed by atoms with Gasteiger partial charge >= 0.3 is 0 Å². The first-order valence-electron chi connectivity index (χ1n) is 10.4. The minimum absolute atomic E-state index is 0.0133. The van der Waals surface area contributed by atoms with Crippen LogP contribution in [0.15, 0.2) is 77.7 Å². The lowest BCUT2D eigenvalue weighted by Crippen LogP contribution is -2.47. The van der Waals surface area contributed by atoms with E-state index in [1.165, 1.54) is 13.2 Å². The topological polar surface area (TPSA) is 93.7 Å². The van der Waals surface area contributed by atoms with Gasteiger partial charge in [-0.2, -0.15) is 4.72 Å². The second kappa shape index (κ2) is 11.0. The van der Waals surface area contributed by atoms with Crippen molar-refractivity contribution in [1.29, 1.82) is 0 Å². The smallest absolute Gasteiger partial charge is 0.244 e. The first-order chi connectivity index (χ1) is 15.8. The van der Waals surface area contributed by atoms with Crippen LogP contribution in [0.1, 0.15) is 16.7 Å². The Bertz CT molecular complexity index is 1200. The zero-order valence-corrected chi connectivity index (χ0v) is 19.7. The lowest BCUT2D eigenvalue weighted by atomic mass is 10.1. The van der Waals surface area contributed by atoms with Gasteiger partial charge in [0.15, 0.2) is 0 Å². The minimum Gasteiger partial charge on any atom is -0.496 e. The van der Waals surface area contributed by atoms with Gasteiger partial charge in [0.25, 0.3) is 0 Å². The van der Waals surface area contributed by atoms with E-state index in [1.807, 2.05) is 48.5 Å². The molecule has 0 unspecified atom stereocenters. The number of hydrogen-bond donors (Lipinski definition) is 2. The number of carbonyl (C=O) groups is 1. The van der Waals surface area contributed by atoms with Gasteiger partial charge < -0.3 is 14.8 Å². The number of ether oxygens (including phenoxy) is 2. The van der Waals surface area contributed by atoms with Crippen molar-refractivity contribution in [3.8, 4) is 11.5 Å². The zero-order chi connectivity index (χ0) is 23.8.